The van der Waals surface area contributed by atoms with Crippen LogP contribution in [0.25, 0.3) is 11.8 Å². The number of aromatic nitrogens is 1. The molecule has 0 aliphatic carbocycles. The lowest BCUT2D eigenvalue weighted by molar-refractivity contribution is -0.130. The van der Waals surface area contributed by atoms with Gasteiger partial charge in [0.25, 0.3) is 0 Å². The average Bonchev–Trinajstić information content (AvgIpc) is 2.48. The van der Waals surface area contributed by atoms with Crippen molar-refractivity contribution in [2.45, 2.75) is 0 Å². The Labute approximate surface area is 134 Å². The van der Waals surface area contributed by atoms with Gasteiger partial charge in [0.2, 0.25) is 0 Å². The number of pyridine rings is 1. The number of ether oxygens (including phenoxy) is 1. The summed E-state index contributed by atoms with van der Waals surface area (Å²) in [5, 5.41) is 27.2. The van der Waals surface area contributed by atoms with Crippen molar-refractivity contribution < 1.29 is 19.7 Å². The highest BCUT2D eigenvalue weighted by atomic mass is 79.9. The average molecular weight is 365 g/mol. The summed E-state index contributed by atoms with van der Waals surface area (Å²) in [6, 6.07) is 6.10. The van der Waals surface area contributed by atoms with Gasteiger partial charge in [0.05, 0.1) is 12.5 Å². The Morgan fingerprint density at radius 1 is 1.36 bits per heavy atom. The molecule has 2 rings (SSSR count). The lowest BCUT2D eigenvalue weighted by atomic mass is 10.1. The number of carboxylic acids is 1. The third-order valence-electron chi connectivity index (χ3n) is 2.91. The van der Waals surface area contributed by atoms with Gasteiger partial charge < -0.3 is 24.9 Å². The number of rotatable bonds is 4. The molecule has 0 saturated carbocycles. The number of hydrogen-bond acceptors (Lipinski definition) is 4. The van der Waals surface area contributed by atoms with E-state index in [2.05, 4.69) is 15.9 Å². The summed E-state index contributed by atoms with van der Waals surface area (Å²) in [4.78, 5) is 11.5. The molecule has 0 aliphatic rings. The molecular formula is C15H13BrN2O4. The summed E-state index contributed by atoms with van der Waals surface area (Å²) in [5.74, 6) is -1.08. The minimum atomic E-state index is -1.17. The van der Waals surface area contributed by atoms with Crippen LogP contribution < -0.4 is 10.1 Å². The van der Waals surface area contributed by atoms with Crippen LogP contribution in [0.2, 0.25) is 0 Å². The molecule has 0 radical (unpaired) electrons. The third-order valence-corrected chi connectivity index (χ3v) is 3.37. The number of phenolic OH excluding ortho intramolecular Hbond substituents is 1. The second kappa shape index (κ2) is 6.48. The molecule has 0 fully saturated rings. The maximum atomic E-state index is 11.5. The molecule has 1 aromatic heterocycles. The van der Waals surface area contributed by atoms with Crippen LogP contribution in [0.15, 0.2) is 41.1 Å². The van der Waals surface area contributed by atoms with E-state index < -0.39 is 5.97 Å². The number of benzene rings is 1. The van der Waals surface area contributed by atoms with E-state index >= 15 is 0 Å². The van der Waals surface area contributed by atoms with E-state index in [-0.39, 0.29) is 22.6 Å². The van der Waals surface area contributed by atoms with Gasteiger partial charge in [-0.05, 0) is 30.3 Å². The molecule has 3 N–H and O–H groups in total. The largest absolute Gasteiger partial charge is 0.504 e. The van der Waals surface area contributed by atoms with Crippen LogP contribution in [-0.2, 0) is 4.79 Å². The molecule has 1 heterocycles. The van der Waals surface area contributed by atoms with Crippen molar-refractivity contribution in [3.05, 3.63) is 52.1 Å². The summed E-state index contributed by atoms with van der Waals surface area (Å²) >= 11 is 3.28. The molecule has 0 saturated heterocycles. The Morgan fingerprint density at radius 2 is 2.00 bits per heavy atom. The van der Waals surface area contributed by atoms with E-state index in [1.807, 2.05) is 0 Å². The minimum absolute atomic E-state index is 0.0737. The highest BCUT2D eigenvalue weighted by Gasteiger charge is 2.13. The first-order valence-corrected chi connectivity index (χ1v) is 6.96. The summed E-state index contributed by atoms with van der Waals surface area (Å²) in [7, 11) is 1.41. The fourth-order valence-electron chi connectivity index (χ4n) is 1.84. The van der Waals surface area contributed by atoms with Gasteiger partial charge in [-0.2, -0.15) is 0 Å². The van der Waals surface area contributed by atoms with Crippen molar-refractivity contribution in [1.82, 2.24) is 4.57 Å². The van der Waals surface area contributed by atoms with Gasteiger partial charge >= 0.3 is 5.97 Å². The molecular weight excluding hydrogens is 352 g/mol. The number of carboxylic acid groups (broad SMARTS) is 1. The van der Waals surface area contributed by atoms with Gasteiger partial charge in [0, 0.05) is 22.4 Å². The first kappa shape index (κ1) is 15.8. The fourth-order valence-corrected chi connectivity index (χ4v) is 2.30. The number of nitrogens with zero attached hydrogens (tertiary/aromatic N) is 1. The Kier molecular flexibility index (Phi) is 4.67. The van der Waals surface area contributed by atoms with Crippen LogP contribution in [-0.4, -0.2) is 27.9 Å². The third kappa shape index (κ3) is 3.37. The maximum absolute atomic E-state index is 11.5. The lowest BCUT2D eigenvalue weighted by Crippen LogP contribution is -2.10. The normalized spacial score (nSPS) is 11.3. The number of aliphatic carboxylic acids is 1. The van der Waals surface area contributed by atoms with E-state index in [1.165, 1.54) is 42.3 Å². The predicted molar refractivity (Wildman–Crippen MR) is 84.4 cm³/mol. The van der Waals surface area contributed by atoms with E-state index in [9.17, 15) is 15.0 Å². The molecule has 0 atom stereocenters. The molecule has 1 aromatic carbocycles. The zero-order valence-electron chi connectivity index (χ0n) is 11.6. The van der Waals surface area contributed by atoms with Crippen LogP contribution in [0.5, 0.6) is 11.5 Å². The zero-order valence-corrected chi connectivity index (χ0v) is 13.2. The Balaban J connectivity index is 2.61. The highest BCUT2D eigenvalue weighted by Crippen LogP contribution is 2.35. The molecule has 2 aromatic rings. The second-order valence-electron chi connectivity index (χ2n) is 4.37. The van der Waals surface area contributed by atoms with Crippen LogP contribution in [0.1, 0.15) is 5.56 Å². The number of methoxy groups -OCH3 is 1. The van der Waals surface area contributed by atoms with Crippen molar-refractivity contribution >= 4 is 33.7 Å². The topological polar surface area (TPSA) is 95.5 Å². The number of aromatic hydroxyl groups is 1. The summed E-state index contributed by atoms with van der Waals surface area (Å²) in [5.41, 5.74) is 0.224. The van der Waals surface area contributed by atoms with Gasteiger partial charge in [0.15, 0.2) is 11.5 Å². The minimum Gasteiger partial charge on any atom is -0.504 e. The van der Waals surface area contributed by atoms with Gasteiger partial charge in [-0.1, -0.05) is 15.9 Å². The van der Waals surface area contributed by atoms with Gasteiger partial charge in [-0.3, -0.25) is 0 Å². The van der Waals surface area contributed by atoms with E-state index in [0.717, 1.165) is 0 Å². The maximum Gasteiger partial charge on any atom is 0.352 e. The number of halogens is 1. The zero-order chi connectivity index (χ0) is 16.3. The van der Waals surface area contributed by atoms with Crippen LogP contribution in [0.4, 0.5) is 0 Å². The van der Waals surface area contributed by atoms with E-state index in [1.54, 1.807) is 12.1 Å². The molecule has 114 valence electrons. The molecule has 0 bridgehead atoms. The quantitative estimate of drug-likeness (QED) is 0.726. The van der Waals surface area contributed by atoms with E-state index in [0.29, 0.717) is 10.0 Å². The first-order chi connectivity index (χ1) is 10.4. The summed E-state index contributed by atoms with van der Waals surface area (Å²) < 4.78 is 7.04. The van der Waals surface area contributed by atoms with Gasteiger partial charge in [-0.15, -0.1) is 0 Å². The predicted octanol–water partition coefficient (Wildman–Crippen LogP) is 2.53. The fraction of sp³-hybridized carbons (Fsp3) is 0.0667. The molecule has 0 spiro atoms. The monoisotopic (exact) mass is 364 g/mol. The van der Waals surface area contributed by atoms with Crippen molar-refractivity contribution in [2.75, 3.05) is 7.11 Å². The van der Waals surface area contributed by atoms with Crippen LogP contribution in [0.3, 0.4) is 0 Å². The molecule has 0 aliphatic heterocycles. The summed E-state index contributed by atoms with van der Waals surface area (Å²) in [6.45, 7) is 0. The SMILES string of the molecule is COc1cc(Br)cc(C=C(C(=O)O)n2ccc(=N)cc2)c1O. The Hall–Kier alpha value is -2.54. The van der Waals surface area contributed by atoms with Crippen LogP contribution in [0, 0.1) is 5.41 Å². The first-order valence-electron chi connectivity index (χ1n) is 6.17. The van der Waals surface area contributed by atoms with Gasteiger partial charge in [0.1, 0.15) is 5.70 Å². The van der Waals surface area contributed by atoms with Crippen molar-refractivity contribution in [2.24, 2.45) is 0 Å². The molecule has 7 heteroatoms. The smallest absolute Gasteiger partial charge is 0.352 e. The molecule has 6 nitrogen and oxygen atoms in total. The lowest BCUT2D eigenvalue weighted by Gasteiger charge is -2.10. The highest BCUT2D eigenvalue weighted by molar-refractivity contribution is 9.10. The van der Waals surface area contributed by atoms with Crippen molar-refractivity contribution in [3.63, 3.8) is 0 Å². The van der Waals surface area contributed by atoms with E-state index in [4.69, 9.17) is 10.1 Å². The van der Waals surface area contributed by atoms with Crippen molar-refractivity contribution in [3.8, 4) is 11.5 Å². The number of hydrogen-bond donors (Lipinski definition) is 3. The van der Waals surface area contributed by atoms with Crippen LogP contribution >= 0.6 is 15.9 Å². The number of phenols is 1. The Bertz CT molecular complexity index is 791. The van der Waals surface area contributed by atoms with Gasteiger partial charge in [-0.25, -0.2) is 4.79 Å². The second-order valence-corrected chi connectivity index (χ2v) is 5.29. The number of carbonyl (C=O) groups is 1. The van der Waals surface area contributed by atoms with Crippen molar-refractivity contribution in [1.29, 1.82) is 5.41 Å². The standard InChI is InChI=1S/C15H13BrN2O4/c1-22-13-8-10(16)6-9(14(13)19)7-12(15(20)21)18-4-2-11(17)3-5-18/h2-8,17,19H,1H3,(H,20,21). The molecule has 22 heavy (non-hydrogen) atoms. The molecule has 0 amide bonds. The number of nitrogens with one attached hydrogen (secondary N) is 1. The Morgan fingerprint density at radius 3 is 2.55 bits per heavy atom. The molecule has 0 unspecified atom stereocenters. The summed E-state index contributed by atoms with van der Waals surface area (Å²) in [6.07, 6.45) is 4.26.